The Kier molecular flexibility index (Phi) is 4.72. The van der Waals surface area contributed by atoms with Gasteiger partial charge in [0.2, 0.25) is 0 Å². The molecule has 0 saturated carbocycles. The third kappa shape index (κ3) is 4.03. The Morgan fingerprint density at radius 2 is 2.22 bits per heavy atom. The zero-order chi connectivity index (χ0) is 17.4. The highest BCUT2D eigenvalue weighted by Crippen LogP contribution is 2.32. The van der Waals surface area contributed by atoms with Crippen LogP contribution in [0.25, 0.3) is 0 Å². The molecular formula is C14H19F2N3O3S. The SMILES string of the molecule is C[C@H]1CC(F)(F)CN1C(=O)c1csc(C(=O)NC(C)(C)CO)n1. The molecule has 23 heavy (non-hydrogen) atoms. The maximum Gasteiger partial charge on any atom is 0.280 e. The largest absolute Gasteiger partial charge is 0.394 e. The first kappa shape index (κ1) is 17.7. The van der Waals surface area contributed by atoms with Crippen LogP contribution in [0, 0.1) is 0 Å². The van der Waals surface area contributed by atoms with Crippen LogP contribution >= 0.6 is 11.3 Å². The van der Waals surface area contributed by atoms with Crippen molar-refractivity contribution >= 4 is 23.2 Å². The number of alkyl halides is 2. The second-order valence-electron chi connectivity index (χ2n) is 6.38. The minimum absolute atomic E-state index is 0.0218. The molecule has 0 aromatic carbocycles. The predicted octanol–water partition coefficient (Wildman–Crippen LogP) is 1.51. The average molecular weight is 347 g/mol. The summed E-state index contributed by atoms with van der Waals surface area (Å²) in [6.45, 7) is 3.94. The molecule has 2 heterocycles. The molecule has 0 spiro atoms. The number of likely N-dealkylation sites (tertiary alicyclic amines) is 1. The molecule has 1 aromatic heterocycles. The van der Waals surface area contributed by atoms with Gasteiger partial charge in [0, 0.05) is 17.8 Å². The van der Waals surface area contributed by atoms with Crippen LogP contribution in [0.15, 0.2) is 5.38 Å². The highest BCUT2D eigenvalue weighted by molar-refractivity contribution is 7.11. The van der Waals surface area contributed by atoms with Gasteiger partial charge in [0.15, 0.2) is 5.01 Å². The van der Waals surface area contributed by atoms with Gasteiger partial charge in [0.05, 0.1) is 18.7 Å². The van der Waals surface area contributed by atoms with E-state index in [4.69, 9.17) is 5.11 Å². The summed E-state index contributed by atoms with van der Waals surface area (Å²) in [6.07, 6.45) is -0.374. The Morgan fingerprint density at radius 1 is 1.57 bits per heavy atom. The molecule has 9 heteroatoms. The van der Waals surface area contributed by atoms with Crippen LogP contribution in [0.2, 0.25) is 0 Å². The lowest BCUT2D eigenvalue weighted by molar-refractivity contribution is 0.0117. The number of aliphatic hydroxyl groups is 1. The molecule has 1 aromatic rings. The van der Waals surface area contributed by atoms with E-state index in [0.717, 1.165) is 16.2 Å². The minimum Gasteiger partial charge on any atom is -0.394 e. The maximum absolute atomic E-state index is 13.4. The molecule has 1 saturated heterocycles. The second-order valence-corrected chi connectivity index (χ2v) is 7.23. The predicted molar refractivity (Wildman–Crippen MR) is 80.8 cm³/mol. The Bertz CT molecular complexity index is 618. The highest BCUT2D eigenvalue weighted by Gasteiger charge is 2.45. The van der Waals surface area contributed by atoms with Gasteiger partial charge in [-0.15, -0.1) is 11.3 Å². The van der Waals surface area contributed by atoms with Gasteiger partial charge in [-0.3, -0.25) is 9.59 Å². The third-order valence-electron chi connectivity index (χ3n) is 3.55. The van der Waals surface area contributed by atoms with Gasteiger partial charge in [-0.1, -0.05) is 0 Å². The first-order chi connectivity index (χ1) is 10.5. The summed E-state index contributed by atoms with van der Waals surface area (Å²) >= 11 is 0.957. The van der Waals surface area contributed by atoms with Crippen molar-refractivity contribution in [3.63, 3.8) is 0 Å². The molecule has 2 rings (SSSR count). The van der Waals surface area contributed by atoms with E-state index in [1.54, 1.807) is 20.8 Å². The van der Waals surface area contributed by atoms with Crippen LogP contribution < -0.4 is 5.32 Å². The monoisotopic (exact) mass is 347 g/mol. The van der Waals surface area contributed by atoms with E-state index in [-0.39, 0.29) is 23.7 Å². The average Bonchev–Trinajstić information content (AvgIpc) is 3.02. The third-order valence-corrected chi connectivity index (χ3v) is 4.39. The molecule has 1 fully saturated rings. The van der Waals surface area contributed by atoms with Crippen molar-refractivity contribution in [2.24, 2.45) is 0 Å². The van der Waals surface area contributed by atoms with E-state index in [1.807, 2.05) is 0 Å². The van der Waals surface area contributed by atoms with Gasteiger partial charge in [-0.2, -0.15) is 0 Å². The number of aliphatic hydroxyl groups excluding tert-OH is 1. The fraction of sp³-hybridized carbons (Fsp3) is 0.643. The van der Waals surface area contributed by atoms with Crippen LogP contribution in [0.1, 0.15) is 47.5 Å². The Labute approximate surface area is 136 Å². The fourth-order valence-electron chi connectivity index (χ4n) is 2.31. The molecule has 128 valence electrons. The van der Waals surface area contributed by atoms with Gasteiger partial charge in [-0.05, 0) is 20.8 Å². The number of aromatic nitrogens is 1. The molecule has 6 nitrogen and oxygen atoms in total. The zero-order valence-corrected chi connectivity index (χ0v) is 13.9. The van der Waals surface area contributed by atoms with E-state index in [0.29, 0.717) is 0 Å². The number of nitrogens with zero attached hydrogens (tertiary/aromatic N) is 2. The van der Waals surface area contributed by atoms with Crippen LogP contribution in [0.4, 0.5) is 8.78 Å². The van der Waals surface area contributed by atoms with Crippen molar-refractivity contribution in [2.75, 3.05) is 13.2 Å². The molecule has 1 aliphatic heterocycles. The number of rotatable bonds is 4. The lowest BCUT2D eigenvalue weighted by Gasteiger charge is -2.22. The summed E-state index contributed by atoms with van der Waals surface area (Å²) < 4.78 is 26.8. The van der Waals surface area contributed by atoms with Crippen molar-refractivity contribution in [3.8, 4) is 0 Å². The standard InChI is InChI=1S/C14H19F2N3O3S/c1-8-4-14(15,16)6-19(8)12(22)9-5-23-11(17-9)10(21)18-13(2,3)7-20/h5,8,20H,4,6-7H2,1-3H3,(H,18,21)/t8-/m0/s1. The van der Waals surface area contributed by atoms with Gasteiger partial charge < -0.3 is 15.3 Å². The lowest BCUT2D eigenvalue weighted by Crippen LogP contribution is -2.46. The van der Waals surface area contributed by atoms with E-state index < -0.39 is 35.9 Å². The van der Waals surface area contributed by atoms with Crippen molar-refractivity contribution in [1.29, 1.82) is 0 Å². The Hall–Kier alpha value is -1.61. The number of carbonyl (C=O) groups excluding carboxylic acids is 2. The number of hydrogen-bond acceptors (Lipinski definition) is 5. The van der Waals surface area contributed by atoms with Crippen LogP contribution in [-0.4, -0.2) is 57.5 Å². The topological polar surface area (TPSA) is 82.5 Å². The first-order valence-corrected chi connectivity index (χ1v) is 8.00. The molecule has 2 amide bonds. The van der Waals surface area contributed by atoms with Crippen molar-refractivity contribution in [1.82, 2.24) is 15.2 Å². The summed E-state index contributed by atoms with van der Waals surface area (Å²) in [5, 5.41) is 13.2. The number of amides is 2. The summed E-state index contributed by atoms with van der Waals surface area (Å²) in [7, 11) is 0. The molecule has 0 unspecified atom stereocenters. The fourth-order valence-corrected chi connectivity index (χ4v) is 2.99. The maximum atomic E-state index is 13.4. The number of halogens is 2. The molecular weight excluding hydrogens is 328 g/mol. The molecule has 2 N–H and O–H groups in total. The van der Waals surface area contributed by atoms with E-state index in [9.17, 15) is 18.4 Å². The van der Waals surface area contributed by atoms with E-state index >= 15 is 0 Å². The Morgan fingerprint density at radius 3 is 2.74 bits per heavy atom. The molecule has 0 radical (unpaired) electrons. The summed E-state index contributed by atoms with van der Waals surface area (Å²) in [4.78, 5) is 29.3. The normalized spacial score (nSPS) is 20.6. The van der Waals surface area contributed by atoms with Crippen molar-refractivity contribution in [3.05, 3.63) is 16.1 Å². The van der Waals surface area contributed by atoms with E-state index in [1.165, 1.54) is 5.38 Å². The van der Waals surface area contributed by atoms with Gasteiger partial charge in [0.1, 0.15) is 5.69 Å². The van der Waals surface area contributed by atoms with Crippen molar-refractivity contribution in [2.45, 2.75) is 44.7 Å². The smallest absolute Gasteiger partial charge is 0.280 e. The van der Waals surface area contributed by atoms with Crippen molar-refractivity contribution < 1.29 is 23.5 Å². The number of hydrogen-bond donors (Lipinski definition) is 2. The quantitative estimate of drug-likeness (QED) is 0.865. The first-order valence-electron chi connectivity index (χ1n) is 7.12. The number of nitrogens with one attached hydrogen (secondary N) is 1. The van der Waals surface area contributed by atoms with Crippen LogP contribution in [0.5, 0.6) is 0 Å². The molecule has 0 aliphatic carbocycles. The molecule has 1 aliphatic rings. The highest BCUT2D eigenvalue weighted by atomic mass is 32.1. The number of thiazole rings is 1. The van der Waals surface area contributed by atoms with E-state index in [2.05, 4.69) is 10.3 Å². The summed E-state index contributed by atoms with van der Waals surface area (Å²) in [5.41, 5.74) is -0.843. The van der Waals surface area contributed by atoms with Crippen LogP contribution in [0.3, 0.4) is 0 Å². The summed E-state index contributed by atoms with van der Waals surface area (Å²) in [5.74, 6) is -4.02. The van der Waals surface area contributed by atoms with Gasteiger partial charge in [0.25, 0.3) is 17.7 Å². The number of carbonyl (C=O) groups is 2. The molecule has 1 atom stereocenters. The summed E-state index contributed by atoms with van der Waals surface area (Å²) in [6, 6.07) is -0.579. The zero-order valence-electron chi connectivity index (χ0n) is 13.1. The van der Waals surface area contributed by atoms with Gasteiger partial charge in [-0.25, -0.2) is 13.8 Å². The van der Waals surface area contributed by atoms with Gasteiger partial charge >= 0.3 is 0 Å². The minimum atomic E-state index is -2.89. The molecule has 0 bridgehead atoms. The second kappa shape index (κ2) is 6.12. The van der Waals surface area contributed by atoms with Crippen LogP contribution in [-0.2, 0) is 0 Å². The lowest BCUT2D eigenvalue weighted by atomic mass is 10.1. The Balaban J connectivity index is 2.10.